The molecule has 0 fully saturated rings. The Balaban J connectivity index is 2.94. The summed E-state index contributed by atoms with van der Waals surface area (Å²) in [5.41, 5.74) is 1.10. The number of hydrogen-bond donors (Lipinski definition) is 0. The lowest BCUT2D eigenvalue weighted by atomic mass is 9.98. The Bertz CT molecular complexity index is 318. The Morgan fingerprint density at radius 1 is 1.57 bits per heavy atom. The monoisotopic (exact) mass is 196 g/mol. The molecule has 0 aromatic heterocycles. The van der Waals surface area contributed by atoms with Gasteiger partial charge in [0.15, 0.2) is 6.29 Å². The zero-order chi connectivity index (χ0) is 10.7. The van der Waals surface area contributed by atoms with Gasteiger partial charge in [-0.2, -0.15) is 0 Å². The minimum atomic E-state index is -0.894. The molecule has 0 unspecified atom stereocenters. The molecule has 76 valence electrons. The van der Waals surface area contributed by atoms with E-state index in [2.05, 4.69) is 0 Å². The van der Waals surface area contributed by atoms with Crippen LogP contribution in [0.15, 0.2) is 23.4 Å². The lowest BCUT2D eigenvalue weighted by molar-refractivity contribution is -0.511. The van der Waals surface area contributed by atoms with Gasteiger partial charge in [-0.1, -0.05) is 0 Å². The summed E-state index contributed by atoms with van der Waals surface area (Å²) in [6.45, 7) is 0. The molecule has 5 heteroatoms. The van der Waals surface area contributed by atoms with Crippen molar-refractivity contribution in [1.29, 1.82) is 0 Å². The van der Waals surface area contributed by atoms with E-state index in [1.54, 1.807) is 6.08 Å². The van der Waals surface area contributed by atoms with Gasteiger partial charge in [0.1, 0.15) is 0 Å². The van der Waals surface area contributed by atoms with E-state index in [1.165, 1.54) is 6.08 Å². The Morgan fingerprint density at radius 2 is 2.21 bits per heavy atom. The molecular weight excluding hydrogens is 184 g/mol. The summed E-state index contributed by atoms with van der Waals surface area (Å²) in [6, 6.07) is -0.894. The van der Waals surface area contributed by atoms with Gasteiger partial charge < -0.3 is 4.90 Å². The van der Waals surface area contributed by atoms with Crippen molar-refractivity contribution >= 4 is 6.29 Å². The highest BCUT2D eigenvalue weighted by Crippen LogP contribution is 2.21. The van der Waals surface area contributed by atoms with Crippen molar-refractivity contribution in [3.05, 3.63) is 33.5 Å². The van der Waals surface area contributed by atoms with E-state index >= 15 is 0 Å². The lowest BCUT2D eigenvalue weighted by Crippen LogP contribution is -2.28. The average Bonchev–Trinajstić information content (AvgIpc) is 2.16. The van der Waals surface area contributed by atoms with Gasteiger partial charge in [0, 0.05) is 24.7 Å². The van der Waals surface area contributed by atoms with E-state index in [0.717, 1.165) is 5.70 Å². The molecule has 14 heavy (non-hydrogen) atoms. The number of rotatable bonds is 3. The summed E-state index contributed by atoms with van der Waals surface area (Å²) in [6.07, 6.45) is 4.09. The Labute approximate surface area is 81.8 Å². The number of nitro groups is 1. The molecule has 5 nitrogen and oxygen atoms in total. The molecule has 0 radical (unpaired) electrons. The van der Waals surface area contributed by atoms with Gasteiger partial charge in [0.2, 0.25) is 6.04 Å². The summed E-state index contributed by atoms with van der Waals surface area (Å²) >= 11 is 0. The van der Waals surface area contributed by atoms with Crippen LogP contribution in [0.5, 0.6) is 0 Å². The maximum Gasteiger partial charge on any atom is 0.246 e. The second kappa shape index (κ2) is 4.04. The maximum absolute atomic E-state index is 10.7. The third-order valence-electron chi connectivity index (χ3n) is 2.22. The first kappa shape index (κ1) is 10.4. The molecule has 1 aliphatic rings. The third kappa shape index (κ3) is 1.99. The molecule has 1 aliphatic carbocycles. The van der Waals surface area contributed by atoms with Crippen molar-refractivity contribution in [2.75, 3.05) is 14.1 Å². The van der Waals surface area contributed by atoms with E-state index in [0.29, 0.717) is 6.29 Å². The molecule has 0 saturated heterocycles. The molecule has 1 atom stereocenters. The maximum atomic E-state index is 10.7. The fraction of sp³-hybridized carbons (Fsp3) is 0.444. The van der Waals surface area contributed by atoms with Crippen molar-refractivity contribution in [3.63, 3.8) is 0 Å². The van der Waals surface area contributed by atoms with Crippen LogP contribution >= 0.6 is 0 Å². The van der Waals surface area contributed by atoms with E-state index in [9.17, 15) is 14.9 Å². The average molecular weight is 196 g/mol. The predicted octanol–water partition coefficient (Wildman–Crippen LogP) is 0.606. The molecule has 0 aromatic carbocycles. The second-order valence-corrected chi connectivity index (χ2v) is 3.34. The van der Waals surface area contributed by atoms with Gasteiger partial charge in [-0.25, -0.2) is 0 Å². The SMILES string of the molecule is CN(C)C1=CC=C(C=O)[C@@H]([N+](=O)[O-])C1. The quantitative estimate of drug-likeness (QED) is 0.377. The van der Waals surface area contributed by atoms with Gasteiger partial charge in [-0.05, 0) is 12.2 Å². The van der Waals surface area contributed by atoms with Crippen molar-refractivity contribution in [1.82, 2.24) is 4.90 Å². The van der Waals surface area contributed by atoms with Crippen LogP contribution in [0.1, 0.15) is 6.42 Å². The first-order valence-electron chi connectivity index (χ1n) is 4.23. The fourth-order valence-electron chi connectivity index (χ4n) is 1.33. The highest BCUT2D eigenvalue weighted by molar-refractivity contribution is 5.76. The zero-order valence-corrected chi connectivity index (χ0v) is 8.14. The van der Waals surface area contributed by atoms with Crippen molar-refractivity contribution < 1.29 is 9.72 Å². The first-order valence-corrected chi connectivity index (χ1v) is 4.23. The highest BCUT2D eigenvalue weighted by atomic mass is 16.6. The lowest BCUT2D eigenvalue weighted by Gasteiger charge is -2.21. The number of hydrogen-bond acceptors (Lipinski definition) is 4. The van der Waals surface area contributed by atoms with Gasteiger partial charge >= 0.3 is 0 Å². The Morgan fingerprint density at radius 3 is 2.64 bits per heavy atom. The normalized spacial score (nSPS) is 20.9. The van der Waals surface area contributed by atoms with Gasteiger partial charge in [-0.3, -0.25) is 14.9 Å². The molecular formula is C9H12N2O3. The minimum absolute atomic E-state index is 0.237. The number of carbonyl (C=O) groups excluding carboxylic acids is 1. The minimum Gasteiger partial charge on any atom is -0.381 e. The summed E-state index contributed by atoms with van der Waals surface area (Å²) in [5, 5.41) is 10.7. The van der Waals surface area contributed by atoms with E-state index < -0.39 is 11.0 Å². The summed E-state index contributed by atoms with van der Waals surface area (Å²) in [4.78, 5) is 22.6. The van der Waals surface area contributed by atoms with Gasteiger partial charge in [0.25, 0.3) is 0 Å². The first-order chi connectivity index (χ1) is 6.56. The molecule has 0 heterocycles. The third-order valence-corrected chi connectivity index (χ3v) is 2.22. The van der Waals surface area contributed by atoms with E-state index in [1.807, 2.05) is 19.0 Å². The molecule has 0 amide bonds. The molecule has 0 N–H and O–H groups in total. The largest absolute Gasteiger partial charge is 0.381 e. The van der Waals surface area contributed by atoms with Crippen molar-refractivity contribution in [2.45, 2.75) is 12.5 Å². The fourth-order valence-corrected chi connectivity index (χ4v) is 1.33. The summed E-state index contributed by atoms with van der Waals surface area (Å²) in [5.74, 6) is 0. The Hall–Kier alpha value is -1.65. The molecule has 0 bridgehead atoms. The molecule has 0 saturated carbocycles. The van der Waals surface area contributed by atoms with Gasteiger partial charge in [0.05, 0.1) is 12.0 Å². The van der Waals surface area contributed by atoms with Crippen LogP contribution in [0.25, 0.3) is 0 Å². The standard InChI is InChI=1S/C9H12N2O3/c1-10(2)8-4-3-7(6-12)9(5-8)11(13)14/h3-4,6,9H,5H2,1-2H3/t9-/m0/s1. The van der Waals surface area contributed by atoms with Crippen LogP contribution < -0.4 is 0 Å². The number of nitrogens with zero attached hydrogens (tertiary/aromatic N) is 2. The molecule has 0 aliphatic heterocycles. The van der Waals surface area contributed by atoms with Crippen LogP contribution in [0.4, 0.5) is 0 Å². The summed E-state index contributed by atoms with van der Waals surface area (Å²) in [7, 11) is 3.64. The number of allylic oxidation sites excluding steroid dienone is 2. The Kier molecular flexibility index (Phi) is 3.01. The van der Waals surface area contributed by atoms with E-state index in [-0.39, 0.29) is 12.0 Å². The predicted molar refractivity (Wildman–Crippen MR) is 51.3 cm³/mol. The van der Waals surface area contributed by atoms with Crippen molar-refractivity contribution in [2.24, 2.45) is 0 Å². The molecule has 1 rings (SSSR count). The highest BCUT2D eigenvalue weighted by Gasteiger charge is 2.29. The van der Waals surface area contributed by atoms with Crippen molar-refractivity contribution in [3.8, 4) is 0 Å². The van der Waals surface area contributed by atoms with Crippen LogP contribution in [0, 0.1) is 10.1 Å². The smallest absolute Gasteiger partial charge is 0.246 e. The van der Waals surface area contributed by atoms with E-state index in [4.69, 9.17) is 0 Å². The van der Waals surface area contributed by atoms with Crippen LogP contribution in [-0.2, 0) is 4.79 Å². The second-order valence-electron chi connectivity index (χ2n) is 3.34. The van der Waals surface area contributed by atoms with Crippen LogP contribution in [0.2, 0.25) is 0 Å². The van der Waals surface area contributed by atoms with Crippen LogP contribution in [-0.4, -0.2) is 36.2 Å². The molecule has 0 aromatic rings. The van der Waals surface area contributed by atoms with Crippen LogP contribution in [0.3, 0.4) is 0 Å². The van der Waals surface area contributed by atoms with Gasteiger partial charge in [-0.15, -0.1) is 0 Å². The summed E-state index contributed by atoms with van der Waals surface area (Å²) < 4.78 is 0. The number of aldehydes is 1. The number of carbonyl (C=O) groups is 1. The molecule has 0 spiro atoms. The topological polar surface area (TPSA) is 63.5 Å². The zero-order valence-electron chi connectivity index (χ0n) is 8.14.